The van der Waals surface area contributed by atoms with Crippen LogP contribution in [-0.4, -0.2) is 11.7 Å². The summed E-state index contributed by atoms with van der Waals surface area (Å²) in [5.41, 5.74) is 16.6. The number of fused-ring (bicyclic) bond motifs is 3. The number of nitrogens with two attached hydrogens (primary N) is 1. The fourth-order valence-corrected chi connectivity index (χ4v) is 6.41. The average molecular weight is 554 g/mol. The summed E-state index contributed by atoms with van der Waals surface area (Å²) in [6, 6.07) is 57.0. The summed E-state index contributed by atoms with van der Waals surface area (Å²) < 4.78 is 0. The van der Waals surface area contributed by atoms with Crippen LogP contribution in [0.25, 0.3) is 11.1 Å². The van der Waals surface area contributed by atoms with Gasteiger partial charge in [0.05, 0.1) is 12.0 Å². The van der Waals surface area contributed by atoms with Gasteiger partial charge in [-0.1, -0.05) is 164 Å². The molecule has 7 rings (SSSR count). The van der Waals surface area contributed by atoms with Crippen LogP contribution in [0.15, 0.2) is 174 Å². The molecular weight excluding hydrogens is 522 g/mol. The minimum Gasteiger partial charge on any atom is -0.383 e. The molecule has 0 fully saturated rings. The normalized spacial score (nSPS) is 13.8. The zero-order valence-corrected chi connectivity index (χ0v) is 23.8. The molecule has 0 aromatic heterocycles. The maximum Gasteiger partial charge on any atom is 0.157 e. The molecule has 0 atom stereocenters. The van der Waals surface area contributed by atoms with Crippen molar-refractivity contribution in [1.29, 1.82) is 0 Å². The summed E-state index contributed by atoms with van der Waals surface area (Å²) in [6.45, 7) is 0.517. The maximum atomic E-state index is 6.97. The Hall–Kier alpha value is -5.54. The summed E-state index contributed by atoms with van der Waals surface area (Å²) in [5, 5.41) is 0. The summed E-state index contributed by atoms with van der Waals surface area (Å²) in [5.74, 6) is 1.06. The van der Waals surface area contributed by atoms with Gasteiger partial charge in [-0.3, -0.25) is 4.99 Å². The molecule has 2 N–H and O–H groups in total. The highest BCUT2D eigenvalue weighted by Gasteiger charge is 2.46. The van der Waals surface area contributed by atoms with Crippen molar-refractivity contribution < 1.29 is 0 Å². The first-order chi connectivity index (χ1) is 21.3. The SMILES string of the molecule is NC(=NC(=NCc1ccccc1)c1ccccc1)c1cccc2c1-c1ccccc1C2(c1ccccc1)c1ccccc1. The second-order valence-electron chi connectivity index (χ2n) is 10.7. The van der Waals surface area contributed by atoms with E-state index in [1.165, 1.54) is 27.8 Å². The molecule has 3 heteroatoms. The van der Waals surface area contributed by atoms with E-state index >= 15 is 0 Å². The molecule has 0 aliphatic heterocycles. The lowest BCUT2D eigenvalue weighted by atomic mass is 9.67. The Morgan fingerprint density at radius 3 is 1.72 bits per heavy atom. The fourth-order valence-electron chi connectivity index (χ4n) is 6.41. The first-order valence-electron chi connectivity index (χ1n) is 14.6. The van der Waals surface area contributed by atoms with Crippen LogP contribution in [-0.2, 0) is 12.0 Å². The van der Waals surface area contributed by atoms with E-state index in [-0.39, 0.29) is 0 Å². The van der Waals surface area contributed by atoms with Gasteiger partial charge < -0.3 is 5.73 Å². The van der Waals surface area contributed by atoms with Crippen molar-refractivity contribution in [3.8, 4) is 11.1 Å². The zero-order chi connectivity index (χ0) is 29.1. The van der Waals surface area contributed by atoms with Crippen LogP contribution in [0, 0.1) is 0 Å². The summed E-state index contributed by atoms with van der Waals surface area (Å²) in [6.07, 6.45) is 0. The molecule has 3 nitrogen and oxygen atoms in total. The van der Waals surface area contributed by atoms with Crippen LogP contribution in [0.4, 0.5) is 0 Å². The van der Waals surface area contributed by atoms with Crippen molar-refractivity contribution in [2.24, 2.45) is 15.7 Å². The lowest BCUT2D eigenvalue weighted by Crippen LogP contribution is -2.28. The van der Waals surface area contributed by atoms with Gasteiger partial charge in [0.25, 0.3) is 0 Å². The Bertz CT molecular complexity index is 1890. The quantitative estimate of drug-likeness (QED) is 0.163. The first kappa shape index (κ1) is 26.4. The van der Waals surface area contributed by atoms with E-state index in [1.807, 2.05) is 48.5 Å². The molecule has 6 aromatic carbocycles. The van der Waals surface area contributed by atoms with E-state index in [0.717, 1.165) is 22.3 Å². The Balaban J connectivity index is 1.44. The van der Waals surface area contributed by atoms with Gasteiger partial charge in [-0.2, -0.15) is 0 Å². The predicted molar refractivity (Wildman–Crippen MR) is 178 cm³/mol. The fraction of sp³-hybridized carbons (Fsp3) is 0.0500. The molecule has 6 aromatic rings. The van der Waals surface area contributed by atoms with Gasteiger partial charge in [-0.05, 0) is 38.9 Å². The van der Waals surface area contributed by atoms with Crippen LogP contribution in [0.5, 0.6) is 0 Å². The number of nitrogens with zero attached hydrogens (tertiary/aromatic N) is 2. The van der Waals surface area contributed by atoms with Crippen LogP contribution < -0.4 is 5.73 Å². The smallest absolute Gasteiger partial charge is 0.157 e. The second kappa shape index (κ2) is 11.4. The molecule has 0 unspecified atom stereocenters. The third-order valence-electron chi connectivity index (χ3n) is 8.27. The molecular formula is C40H31N3. The van der Waals surface area contributed by atoms with Crippen LogP contribution in [0.2, 0.25) is 0 Å². The van der Waals surface area contributed by atoms with E-state index in [1.54, 1.807) is 0 Å². The van der Waals surface area contributed by atoms with Gasteiger partial charge in [-0.25, -0.2) is 4.99 Å². The third-order valence-corrected chi connectivity index (χ3v) is 8.27. The van der Waals surface area contributed by atoms with Gasteiger partial charge in [0.15, 0.2) is 5.84 Å². The maximum absolute atomic E-state index is 6.97. The molecule has 0 saturated heterocycles. The number of hydrogen-bond acceptors (Lipinski definition) is 1. The molecule has 0 bridgehead atoms. The summed E-state index contributed by atoms with van der Waals surface area (Å²) in [4.78, 5) is 9.96. The molecule has 1 aliphatic carbocycles. The second-order valence-corrected chi connectivity index (χ2v) is 10.7. The monoisotopic (exact) mass is 553 g/mol. The predicted octanol–water partition coefficient (Wildman–Crippen LogP) is 8.40. The number of amidine groups is 2. The van der Waals surface area contributed by atoms with E-state index in [0.29, 0.717) is 18.2 Å². The first-order valence-corrected chi connectivity index (χ1v) is 14.6. The van der Waals surface area contributed by atoms with Crippen molar-refractivity contribution in [2.75, 3.05) is 0 Å². The highest BCUT2D eigenvalue weighted by atomic mass is 15.0. The minimum absolute atomic E-state index is 0.444. The van der Waals surface area contributed by atoms with Crippen LogP contribution >= 0.6 is 0 Å². The zero-order valence-electron chi connectivity index (χ0n) is 23.8. The summed E-state index contributed by atoms with van der Waals surface area (Å²) >= 11 is 0. The Morgan fingerprint density at radius 2 is 1.07 bits per heavy atom. The number of aliphatic imine (C=N–C) groups is 2. The van der Waals surface area contributed by atoms with E-state index < -0.39 is 5.41 Å². The molecule has 1 aliphatic rings. The molecule has 0 spiro atoms. The largest absolute Gasteiger partial charge is 0.383 e. The summed E-state index contributed by atoms with van der Waals surface area (Å²) in [7, 11) is 0. The highest BCUT2D eigenvalue weighted by molar-refractivity contribution is 6.14. The van der Waals surface area contributed by atoms with E-state index in [2.05, 4.69) is 115 Å². The van der Waals surface area contributed by atoms with Gasteiger partial charge in [-0.15, -0.1) is 0 Å². The molecule has 0 amide bonds. The van der Waals surface area contributed by atoms with E-state index in [9.17, 15) is 0 Å². The van der Waals surface area contributed by atoms with E-state index in [4.69, 9.17) is 15.7 Å². The van der Waals surface area contributed by atoms with Gasteiger partial charge >= 0.3 is 0 Å². The molecule has 206 valence electrons. The lowest BCUT2D eigenvalue weighted by molar-refractivity contribution is 0.768. The Morgan fingerprint density at radius 1 is 0.535 bits per heavy atom. The van der Waals surface area contributed by atoms with Crippen molar-refractivity contribution in [2.45, 2.75) is 12.0 Å². The minimum atomic E-state index is -0.492. The number of hydrogen-bond donors (Lipinski definition) is 1. The third kappa shape index (κ3) is 4.65. The van der Waals surface area contributed by atoms with Crippen LogP contribution in [0.1, 0.15) is 38.9 Å². The van der Waals surface area contributed by atoms with Crippen molar-refractivity contribution >= 4 is 11.7 Å². The van der Waals surface area contributed by atoms with Crippen molar-refractivity contribution in [1.82, 2.24) is 0 Å². The topological polar surface area (TPSA) is 50.7 Å². The Labute approximate surface area is 252 Å². The molecule has 0 radical (unpaired) electrons. The molecule has 0 saturated carbocycles. The number of rotatable bonds is 6. The molecule has 43 heavy (non-hydrogen) atoms. The van der Waals surface area contributed by atoms with Gasteiger partial charge in [0.2, 0.25) is 0 Å². The lowest BCUT2D eigenvalue weighted by Gasteiger charge is -2.33. The Kier molecular flexibility index (Phi) is 6.98. The van der Waals surface area contributed by atoms with Crippen molar-refractivity contribution in [3.05, 3.63) is 203 Å². The standard InChI is InChI=1S/C40H31N3/c41-38(43-39(30-18-7-2-8-19-30)42-28-29-16-5-1-6-17-29)34-25-15-27-36-37(34)33-24-13-14-26-35(33)40(36,31-20-9-3-10-21-31)32-22-11-4-12-23-32/h1-27H,28H2,(H2,41,42,43). The van der Waals surface area contributed by atoms with Gasteiger partial charge in [0, 0.05) is 11.1 Å². The average Bonchev–Trinajstić information content (AvgIpc) is 3.39. The van der Waals surface area contributed by atoms with Gasteiger partial charge in [0.1, 0.15) is 5.84 Å². The van der Waals surface area contributed by atoms with Crippen molar-refractivity contribution in [3.63, 3.8) is 0 Å². The van der Waals surface area contributed by atoms with Crippen LogP contribution in [0.3, 0.4) is 0 Å². The highest BCUT2D eigenvalue weighted by Crippen LogP contribution is 2.56. The number of benzene rings is 6. The molecule has 0 heterocycles.